The summed E-state index contributed by atoms with van der Waals surface area (Å²) in [6.45, 7) is 6.01. The topological polar surface area (TPSA) is 58.7 Å². The van der Waals surface area contributed by atoms with Gasteiger partial charge in [-0.15, -0.1) is 0 Å². The molecular weight excluding hydrogens is 262 g/mol. The van der Waals surface area contributed by atoms with Gasteiger partial charge in [0, 0.05) is 13.2 Å². The molecule has 0 spiro atoms. The molecule has 1 atom stereocenters. The summed E-state index contributed by atoms with van der Waals surface area (Å²) in [6, 6.07) is 9.81. The zero-order valence-corrected chi connectivity index (χ0v) is 12.8. The Kier molecular flexibility index (Phi) is 4.23. The Hall–Kier alpha value is -2.41. The minimum absolute atomic E-state index is 0.194. The smallest absolute Gasteiger partial charge is 0.187 e. The molecule has 2 rings (SSSR count). The molecule has 1 heterocycles. The highest BCUT2D eigenvalue weighted by molar-refractivity contribution is 6.03. The summed E-state index contributed by atoms with van der Waals surface area (Å²) in [4.78, 5) is 12.6. The second-order valence-electron chi connectivity index (χ2n) is 5.55. The van der Waals surface area contributed by atoms with Crippen molar-refractivity contribution >= 4 is 5.78 Å². The van der Waals surface area contributed by atoms with Crippen LogP contribution in [0.4, 0.5) is 0 Å². The van der Waals surface area contributed by atoms with Gasteiger partial charge in [0.2, 0.25) is 0 Å². The fourth-order valence-corrected chi connectivity index (χ4v) is 2.35. The zero-order valence-electron chi connectivity index (χ0n) is 12.8. The Labute approximate surface area is 125 Å². The van der Waals surface area contributed by atoms with E-state index >= 15 is 0 Å². The zero-order chi connectivity index (χ0) is 15.6. The lowest BCUT2D eigenvalue weighted by molar-refractivity contribution is 0.0978. The fraction of sp³-hybridized carbons (Fsp3) is 0.353. The lowest BCUT2D eigenvalue weighted by Gasteiger charge is -2.10. The monoisotopic (exact) mass is 281 g/mol. The Morgan fingerprint density at radius 2 is 1.81 bits per heavy atom. The van der Waals surface area contributed by atoms with Crippen LogP contribution < -0.4 is 0 Å². The SMILES string of the molecule is Cc1nn(C)cc1C(=O)C(C#N)c1ccc(C(C)C)cc1. The molecule has 21 heavy (non-hydrogen) atoms. The summed E-state index contributed by atoms with van der Waals surface area (Å²) in [5.41, 5.74) is 3.09. The second-order valence-corrected chi connectivity index (χ2v) is 5.55. The molecular formula is C17H19N3O. The van der Waals surface area contributed by atoms with Crippen LogP contribution in [-0.2, 0) is 7.05 Å². The lowest BCUT2D eigenvalue weighted by atomic mass is 9.90. The number of nitriles is 1. The van der Waals surface area contributed by atoms with Gasteiger partial charge in [0.1, 0.15) is 5.92 Å². The molecule has 0 bridgehead atoms. The second kappa shape index (κ2) is 5.92. The third-order valence-corrected chi connectivity index (χ3v) is 3.61. The van der Waals surface area contributed by atoms with Crippen molar-refractivity contribution in [3.63, 3.8) is 0 Å². The first-order chi connectivity index (χ1) is 9.93. The third-order valence-electron chi connectivity index (χ3n) is 3.61. The van der Waals surface area contributed by atoms with Gasteiger partial charge < -0.3 is 0 Å². The number of rotatable bonds is 4. The minimum atomic E-state index is -0.783. The number of ketones is 1. The number of hydrogen-bond acceptors (Lipinski definition) is 3. The van der Waals surface area contributed by atoms with Crippen LogP contribution in [0.1, 0.15) is 52.9 Å². The van der Waals surface area contributed by atoms with E-state index in [0.717, 1.165) is 5.56 Å². The highest BCUT2D eigenvalue weighted by Crippen LogP contribution is 2.24. The van der Waals surface area contributed by atoms with Gasteiger partial charge in [-0.05, 0) is 24.0 Å². The van der Waals surface area contributed by atoms with Crippen molar-refractivity contribution in [2.75, 3.05) is 0 Å². The predicted octanol–water partition coefficient (Wildman–Crippen LogP) is 3.34. The molecule has 0 radical (unpaired) electrons. The van der Waals surface area contributed by atoms with Crippen LogP contribution >= 0.6 is 0 Å². The van der Waals surface area contributed by atoms with Crippen LogP contribution in [0.2, 0.25) is 0 Å². The van der Waals surface area contributed by atoms with E-state index < -0.39 is 5.92 Å². The van der Waals surface area contributed by atoms with Gasteiger partial charge in [0.05, 0.1) is 17.3 Å². The average Bonchev–Trinajstić information content (AvgIpc) is 2.79. The predicted molar refractivity (Wildman–Crippen MR) is 81.2 cm³/mol. The van der Waals surface area contributed by atoms with Crippen molar-refractivity contribution in [1.82, 2.24) is 9.78 Å². The van der Waals surface area contributed by atoms with Gasteiger partial charge >= 0.3 is 0 Å². The minimum Gasteiger partial charge on any atom is -0.292 e. The van der Waals surface area contributed by atoms with E-state index in [9.17, 15) is 10.1 Å². The summed E-state index contributed by atoms with van der Waals surface area (Å²) in [6.07, 6.45) is 1.67. The van der Waals surface area contributed by atoms with Crippen molar-refractivity contribution in [1.29, 1.82) is 5.26 Å². The first kappa shape index (κ1) is 15.0. The first-order valence-electron chi connectivity index (χ1n) is 6.98. The summed E-state index contributed by atoms with van der Waals surface area (Å²) in [5, 5.41) is 13.6. The molecule has 0 N–H and O–H groups in total. The molecule has 0 aliphatic carbocycles. The van der Waals surface area contributed by atoms with Crippen molar-refractivity contribution in [3.8, 4) is 6.07 Å². The van der Waals surface area contributed by atoms with Crippen molar-refractivity contribution in [2.24, 2.45) is 7.05 Å². The largest absolute Gasteiger partial charge is 0.292 e. The standard InChI is InChI=1S/C17H19N3O/c1-11(2)13-5-7-14(8-6-13)15(9-18)17(21)16-10-20(4)19-12(16)3/h5-8,10-11,15H,1-4H3. The number of hydrogen-bond donors (Lipinski definition) is 0. The Morgan fingerprint density at radius 1 is 1.24 bits per heavy atom. The van der Waals surface area contributed by atoms with Crippen LogP contribution in [0.3, 0.4) is 0 Å². The maximum Gasteiger partial charge on any atom is 0.187 e. The Morgan fingerprint density at radius 3 is 2.24 bits per heavy atom. The Bertz CT molecular complexity index is 690. The molecule has 1 aromatic heterocycles. The van der Waals surface area contributed by atoms with Gasteiger partial charge in [0.25, 0.3) is 0 Å². The normalized spacial score (nSPS) is 12.2. The molecule has 0 saturated carbocycles. The van der Waals surface area contributed by atoms with Crippen LogP contribution in [0.25, 0.3) is 0 Å². The molecule has 1 aromatic carbocycles. The highest BCUT2D eigenvalue weighted by Gasteiger charge is 2.24. The maximum atomic E-state index is 12.6. The van der Waals surface area contributed by atoms with Gasteiger partial charge in [0.15, 0.2) is 5.78 Å². The number of aryl methyl sites for hydroxylation is 2. The van der Waals surface area contributed by atoms with Gasteiger partial charge in [-0.25, -0.2) is 0 Å². The molecule has 0 amide bonds. The molecule has 4 nitrogen and oxygen atoms in total. The quantitative estimate of drug-likeness (QED) is 0.807. The van der Waals surface area contributed by atoms with E-state index in [1.165, 1.54) is 5.56 Å². The van der Waals surface area contributed by atoms with Crippen molar-refractivity contribution in [3.05, 3.63) is 52.8 Å². The number of Topliss-reactive ketones (excluding diaryl/α,β-unsaturated/α-hetero) is 1. The van der Waals surface area contributed by atoms with Crippen molar-refractivity contribution in [2.45, 2.75) is 32.6 Å². The summed E-state index contributed by atoms with van der Waals surface area (Å²) in [5.74, 6) is -0.551. The van der Waals surface area contributed by atoms with Crippen LogP contribution in [0.5, 0.6) is 0 Å². The van der Waals surface area contributed by atoms with E-state index in [-0.39, 0.29) is 5.78 Å². The molecule has 1 unspecified atom stereocenters. The average molecular weight is 281 g/mol. The molecule has 0 aliphatic heterocycles. The van der Waals surface area contributed by atoms with Gasteiger partial charge in [-0.3, -0.25) is 9.48 Å². The number of carbonyl (C=O) groups excluding carboxylic acids is 1. The first-order valence-corrected chi connectivity index (χ1v) is 6.98. The van der Waals surface area contributed by atoms with Crippen LogP contribution in [0, 0.1) is 18.3 Å². The maximum absolute atomic E-state index is 12.6. The molecule has 2 aromatic rings. The number of carbonyl (C=O) groups is 1. The van der Waals surface area contributed by atoms with E-state index in [0.29, 0.717) is 17.2 Å². The van der Waals surface area contributed by atoms with Crippen LogP contribution in [-0.4, -0.2) is 15.6 Å². The third kappa shape index (κ3) is 3.03. The lowest BCUT2D eigenvalue weighted by Crippen LogP contribution is -2.12. The van der Waals surface area contributed by atoms with E-state index in [2.05, 4.69) is 25.0 Å². The Balaban J connectivity index is 2.33. The van der Waals surface area contributed by atoms with Crippen molar-refractivity contribution < 1.29 is 4.79 Å². The van der Waals surface area contributed by atoms with Gasteiger partial charge in [-0.1, -0.05) is 38.1 Å². The summed E-state index contributed by atoms with van der Waals surface area (Å²) >= 11 is 0. The van der Waals surface area contributed by atoms with E-state index in [1.54, 1.807) is 24.9 Å². The number of benzene rings is 1. The number of aromatic nitrogens is 2. The summed E-state index contributed by atoms with van der Waals surface area (Å²) < 4.78 is 1.60. The highest BCUT2D eigenvalue weighted by atomic mass is 16.1. The molecule has 0 fully saturated rings. The molecule has 0 saturated heterocycles. The number of nitrogens with zero attached hydrogens (tertiary/aromatic N) is 3. The molecule has 108 valence electrons. The van der Waals surface area contributed by atoms with E-state index in [1.807, 2.05) is 24.3 Å². The van der Waals surface area contributed by atoms with Gasteiger partial charge in [-0.2, -0.15) is 10.4 Å². The fourth-order valence-electron chi connectivity index (χ4n) is 2.35. The molecule has 4 heteroatoms. The summed E-state index contributed by atoms with van der Waals surface area (Å²) in [7, 11) is 1.77. The van der Waals surface area contributed by atoms with Crippen LogP contribution in [0.15, 0.2) is 30.5 Å². The molecule has 0 aliphatic rings. The van der Waals surface area contributed by atoms with E-state index in [4.69, 9.17) is 0 Å².